The fourth-order valence-electron chi connectivity index (χ4n) is 1.94. The molecule has 0 saturated carbocycles. The maximum absolute atomic E-state index is 9.49. The van der Waals surface area contributed by atoms with E-state index >= 15 is 0 Å². The van der Waals surface area contributed by atoms with Crippen LogP contribution in [0.15, 0.2) is 24.4 Å². The summed E-state index contributed by atoms with van der Waals surface area (Å²) in [7, 11) is 1.54. The second-order valence-electron chi connectivity index (χ2n) is 4.10. The zero-order valence-electron chi connectivity index (χ0n) is 10.4. The zero-order chi connectivity index (χ0) is 14.3. The maximum Gasteiger partial charge on any atom is 0.190 e. The zero-order valence-corrected chi connectivity index (χ0v) is 12.0. The number of phenols is 1. The predicted octanol–water partition coefficient (Wildman–Crippen LogP) is 3.47. The molecule has 0 saturated heterocycles. The molecule has 0 aliphatic heterocycles. The van der Waals surface area contributed by atoms with E-state index in [-0.39, 0.29) is 13.2 Å². The summed E-state index contributed by atoms with van der Waals surface area (Å²) in [5.74, 6) is 0.660. The number of H-pyrrole nitrogens is 2. The first kappa shape index (κ1) is 15.2. The number of nitrogens with one attached hydrogen (secondary N) is 2. The quantitative estimate of drug-likeness (QED) is 0.630. The highest BCUT2D eigenvalue weighted by Crippen LogP contribution is 2.32. The van der Waals surface area contributed by atoms with Crippen LogP contribution in [0.3, 0.4) is 0 Å². The summed E-state index contributed by atoms with van der Waals surface area (Å²) in [4.78, 5) is 7.29. The van der Waals surface area contributed by atoms with Gasteiger partial charge in [-0.15, -0.1) is 0 Å². The number of aromatic hydroxyl groups is 1. The van der Waals surface area contributed by atoms with Gasteiger partial charge in [-0.25, -0.2) is 9.50 Å². The summed E-state index contributed by atoms with van der Waals surface area (Å²) in [5.41, 5.74) is 1.99. The molecule has 0 atom stereocenters. The molecule has 0 unspecified atom stereocenters. The first-order valence-electron chi connectivity index (χ1n) is 5.67. The Balaban J connectivity index is 0.00000161. The maximum atomic E-state index is 9.49. The Bertz CT molecular complexity index is 910. The van der Waals surface area contributed by atoms with E-state index < -0.39 is 0 Å². The molecule has 0 fully saturated rings. The number of imidazole rings is 1. The number of aromatic nitrogens is 4. The number of methoxy groups -OCH3 is 1. The first-order chi connectivity index (χ1) is 9.58. The minimum atomic E-state index is 0. The Morgan fingerprint density at radius 1 is 1.33 bits per heavy atom. The van der Waals surface area contributed by atoms with Gasteiger partial charge in [-0.05, 0) is 24.4 Å². The second kappa shape index (κ2) is 5.66. The van der Waals surface area contributed by atoms with Crippen molar-refractivity contribution in [2.45, 2.75) is 7.43 Å². The fraction of sp³-hybridized carbons (Fsp3) is 0.154. The van der Waals surface area contributed by atoms with Gasteiger partial charge in [-0.3, -0.25) is 5.10 Å². The smallest absolute Gasteiger partial charge is 0.190 e. The normalized spacial score (nSPS) is 10.3. The molecule has 0 amide bonds. The summed E-state index contributed by atoms with van der Waals surface area (Å²) >= 11 is 10.2. The van der Waals surface area contributed by atoms with Crippen LogP contribution < -0.4 is 4.74 Å². The number of nitrogens with zero attached hydrogens (tertiary/aromatic N) is 2. The summed E-state index contributed by atoms with van der Waals surface area (Å²) in [6.45, 7) is 0. The second-order valence-corrected chi connectivity index (χ2v) is 4.92. The lowest BCUT2D eigenvalue weighted by atomic mass is 10.1. The molecule has 21 heavy (non-hydrogen) atoms. The monoisotopic (exact) mass is 322 g/mol. The van der Waals surface area contributed by atoms with Crippen molar-refractivity contribution >= 4 is 30.1 Å². The summed E-state index contributed by atoms with van der Waals surface area (Å²) in [5, 5.41) is 12.4. The third kappa shape index (κ3) is 2.67. The van der Waals surface area contributed by atoms with Gasteiger partial charge in [0.1, 0.15) is 11.5 Å². The standard InChI is InChI=1S/C12H10N4O2S2.CH4/c1-18-9-4-6(17)2-3-7(9)8-5-16-10(13-8)11(19)14-12(20)15-16;/h2-5,17H,1H3,(H2,14,15,19,20);1H4. The molecular formula is C13H14N4O2S2. The molecule has 2 aromatic heterocycles. The number of ether oxygens (including phenoxy) is 1. The van der Waals surface area contributed by atoms with E-state index in [0.29, 0.717) is 26.5 Å². The highest BCUT2D eigenvalue weighted by Gasteiger charge is 2.11. The Hall–Kier alpha value is -2.19. The molecule has 3 N–H and O–H groups in total. The van der Waals surface area contributed by atoms with Gasteiger partial charge in [0.05, 0.1) is 19.0 Å². The van der Waals surface area contributed by atoms with Crippen LogP contribution in [0.4, 0.5) is 0 Å². The molecule has 3 aromatic rings. The molecule has 0 bridgehead atoms. The van der Waals surface area contributed by atoms with Gasteiger partial charge in [-0.1, -0.05) is 19.6 Å². The van der Waals surface area contributed by atoms with E-state index in [2.05, 4.69) is 15.1 Å². The van der Waals surface area contributed by atoms with Gasteiger partial charge < -0.3 is 14.8 Å². The minimum Gasteiger partial charge on any atom is -0.508 e. The van der Waals surface area contributed by atoms with Gasteiger partial charge >= 0.3 is 0 Å². The molecule has 3 rings (SSSR count). The molecule has 0 aliphatic carbocycles. The Morgan fingerprint density at radius 3 is 2.81 bits per heavy atom. The average molecular weight is 322 g/mol. The molecule has 0 aliphatic rings. The molecule has 0 spiro atoms. The molecular weight excluding hydrogens is 308 g/mol. The average Bonchev–Trinajstić information content (AvgIpc) is 2.82. The van der Waals surface area contributed by atoms with Crippen molar-refractivity contribution in [2.24, 2.45) is 0 Å². The number of rotatable bonds is 2. The highest BCUT2D eigenvalue weighted by molar-refractivity contribution is 7.72. The van der Waals surface area contributed by atoms with Crippen LogP contribution in [0.5, 0.6) is 11.5 Å². The first-order valence-corrected chi connectivity index (χ1v) is 6.49. The predicted molar refractivity (Wildman–Crippen MR) is 85.9 cm³/mol. The van der Waals surface area contributed by atoms with E-state index in [1.165, 1.54) is 13.2 Å². The van der Waals surface area contributed by atoms with Gasteiger partial charge in [0.25, 0.3) is 0 Å². The van der Waals surface area contributed by atoms with E-state index in [1.54, 1.807) is 22.8 Å². The van der Waals surface area contributed by atoms with Crippen molar-refractivity contribution < 1.29 is 9.84 Å². The SMILES string of the molecule is C.COc1cc(O)ccc1-c1cn2[nH]c(=S)[nH]c(=S)c2n1. The molecule has 6 nitrogen and oxygen atoms in total. The highest BCUT2D eigenvalue weighted by atomic mass is 32.1. The number of hydrogen-bond donors (Lipinski definition) is 3. The third-order valence-corrected chi connectivity index (χ3v) is 3.30. The summed E-state index contributed by atoms with van der Waals surface area (Å²) in [6, 6.07) is 4.84. The van der Waals surface area contributed by atoms with Gasteiger partial charge in [0.2, 0.25) is 0 Å². The van der Waals surface area contributed by atoms with E-state index in [0.717, 1.165) is 5.56 Å². The molecule has 2 heterocycles. The third-order valence-electron chi connectivity index (χ3n) is 2.82. The van der Waals surface area contributed by atoms with Crippen molar-refractivity contribution in [3.05, 3.63) is 33.8 Å². The van der Waals surface area contributed by atoms with Crippen molar-refractivity contribution in [1.29, 1.82) is 0 Å². The Kier molecular flexibility index (Phi) is 4.10. The number of hydrogen-bond acceptors (Lipinski definition) is 5. The molecule has 8 heteroatoms. The van der Waals surface area contributed by atoms with Crippen LogP contribution in [0.1, 0.15) is 7.43 Å². The van der Waals surface area contributed by atoms with Crippen molar-refractivity contribution in [1.82, 2.24) is 19.6 Å². The lowest BCUT2D eigenvalue weighted by Gasteiger charge is -2.05. The van der Waals surface area contributed by atoms with Gasteiger partial charge in [0, 0.05) is 11.6 Å². The number of aromatic amines is 2. The number of phenolic OH excluding ortho intramolecular Hbond substituents is 1. The van der Waals surface area contributed by atoms with E-state index in [1.807, 2.05) is 0 Å². The molecule has 0 radical (unpaired) electrons. The molecule has 1 aromatic carbocycles. The van der Waals surface area contributed by atoms with Gasteiger partial charge in [-0.2, -0.15) is 0 Å². The van der Waals surface area contributed by atoms with Crippen molar-refractivity contribution in [3.8, 4) is 22.8 Å². The van der Waals surface area contributed by atoms with Crippen molar-refractivity contribution in [3.63, 3.8) is 0 Å². The van der Waals surface area contributed by atoms with Gasteiger partial charge in [0.15, 0.2) is 15.1 Å². The lowest BCUT2D eigenvalue weighted by molar-refractivity contribution is 0.409. The minimum absolute atomic E-state index is 0. The summed E-state index contributed by atoms with van der Waals surface area (Å²) in [6.07, 6.45) is 1.77. The van der Waals surface area contributed by atoms with Crippen LogP contribution in [0.2, 0.25) is 0 Å². The fourth-order valence-corrected chi connectivity index (χ4v) is 2.45. The largest absolute Gasteiger partial charge is 0.508 e. The number of benzene rings is 1. The van der Waals surface area contributed by atoms with E-state index in [4.69, 9.17) is 29.2 Å². The topological polar surface area (TPSA) is 78.3 Å². The van der Waals surface area contributed by atoms with Crippen molar-refractivity contribution in [2.75, 3.05) is 7.11 Å². The van der Waals surface area contributed by atoms with Crippen LogP contribution in [-0.2, 0) is 0 Å². The Labute approximate surface area is 131 Å². The summed E-state index contributed by atoms with van der Waals surface area (Å²) < 4.78 is 7.79. The Morgan fingerprint density at radius 2 is 2.10 bits per heavy atom. The van der Waals surface area contributed by atoms with E-state index in [9.17, 15) is 5.11 Å². The van der Waals surface area contributed by atoms with Crippen LogP contribution >= 0.6 is 24.4 Å². The number of fused-ring (bicyclic) bond motifs is 1. The van der Waals surface area contributed by atoms with Crippen LogP contribution in [0, 0.1) is 9.41 Å². The van der Waals surface area contributed by atoms with Crippen LogP contribution in [0.25, 0.3) is 16.9 Å². The lowest BCUT2D eigenvalue weighted by Crippen LogP contribution is -1.93. The van der Waals surface area contributed by atoms with Crippen LogP contribution in [-0.4, -0.2) is 31.8 Å². The molecule has 110 valence electrons.